The van der Waals surface area contributed by atoms with Crippen molar-refractivity contribution in [2.75, 3.05) is 0 Å². The molecule has 0 N–H and O–H groups in total. The van der Waals surface area contributed by atoms with E-state index >= 15 is 0 Å². The Hall–Kier alpha value is -4.68. The predicted molar refractivity (Wildman–Crippen MR) is 520 cm³/mol. The lowest BCUT2D eigenvalue weighted by Crippen LogP contribution is -2.14. The number of rotatable bonds is 42. The highest BCUT2D eigenvalue weighted by atomic mass is 14.3. The number of hydrogen-bond acceptors (Lipinski definition) is 0. The van der Waals surface area contributed by atoms with Gasteiger partial charge in [-0.3, -0.25) is 0 Å². The Morgan fingerprint density at radius 1 is 0.149 bits per heavy atom. The predicted octanol–water partition coefficient (Wildman–Crippen LogP) is 36.4. The highest BCUT2D eigenvalue weighted by molar-refractivity contribution is 5.36. The lowest BCUT2D eigenvalue weighted by molar-refractivity contribution is 0.343. The molecular weight excluding hydrogens is 1370 g/mol. The van der Waals surface area contributed by atoms with Crippen molar-refractivity contribution in [3.8, 4) is 0 Å². The molecule has 6 aromatic rings. The van der Waals surface area contributed by atoms with Gasteiger partial charge in [0.05, 0.1) is 0 Å². The molecule has 648 valence electrons. The highest BCUT2D eigenvalue weighted by Gasteiger charge is 2.28. The van der Waals surface area contributed by atoms with E-state index < -0.39 is 0 Å². The lowest BCUT2D eigenvalue weighted by atomic mass is 9.78. The molecule has 0 aliphatic heterocycles. The van der Waals surface area contributed by atoms with Gasteiger partial charge in [0.15, 0.2) is 0 Å². The van der Waals surface area contributed by atoms with E-state index in [-0.39, 0.29) is 0 Å². The molecule has 12 atom stereocenters. The third kappa shape index (κ3) is 42.3. The van der Waals surface area contributed by atoms with Crippen molar-refractivity contribution in [1.82, 2.24) is 0 Å². The minimum Gasteiger partial charge on any atom is -0.0628 e. The molecule has 0 heteroatoms. The largest absolute Gasteiger partial charge is 0.0628 e. The second kappa shape index (κ2) is 59.1. The van der Waals surface area contributed by atoms with Crippen LogP contribution in [0.25, 0.3) is 0 Å². The molecule has 0 saturated heterocycles. The maximum Gasteiger partial charge on any atom is -0.0134 e. The van der Waals surface area contributed by atoms with E-state index in [1.165, 1.54) is 110 Å². The maximum atomic E-state index is 2.42. The van der Waals surface area contributed by atoms with Crippen LogP contribution in [0.15, 0.2) is 146 Å². The Morgan fingerprint density at radius 2 is 0.254 bits per heavy atom. The highest BCUT2D eigenvalue weighted by Crippen LogP contribution is 2.42. The van der Waals surface area contributed by atoms with Crippen LogP contribution in [0.4, 0.5) is 0 Å². The van der Waals surface area contributed by atoms with Crippen LogP contribution in [0.5, 0.6) is 0 Å². The fraction of sp³-hybridized carbons (Fsp3) is 0.684. The molecular formula is C114H192. The number of benzene rings is 6. The first-order valence-corrected chi connectivity index (χ1v) is 48.2. The zero-order chi connectivity index (χ0) is 86.5. The first-order chi connectivity index (χ1) is 53.7. The normalized spacial score (nSPS) is 14.9. The van der Waals surface area contributed by atoms with Crippen LogP contribution in [0.1, 0.15) is 429 Å². The SMILES string of the molecule is CCc1ccccc1C(CC(C)CC(C)C)C(C)C.CCc1ccccc1C(CC(C)CC(C)C)C(C)C.CCc1ccccc1C(CC(C)CC(C)C)C(C)C.CCc1ccccc1C(CC(C)CC(C)C)C(C)C.CCc1ccccc1C(CC(C)CC(C)C)C(C)C.CCc1ccccc1C(CC(C)CC(C)C)C(C)C. The van der Waals surface area contributed by atoms with Crippen LogP contribution in [0.3, 0.4) is 0 Å². The molecule has 0 saturated carbocycles. The molecule has 0 amide bonds. The summed E-state index contributed by atoms with van der Waals surface area (Å²) < 4.78 is 0. The van der Waals surface area contributed by atoms with Crippen molar-refractivity contribution in [2.24, 2.45) is 107 Å². The molecule has 0 nitrogen and oxygen atoms in total. The Morgan fingerprint density at radius 3 is 0.342 bits per heavy atom. The third-order valence-corrected chi connectivity index (χ3v) is 25.0. The summed E-state index contributed by atoms with van der Waals surface area (Å²) >= 11 is 0. The molecule has 0 fully saturated rings. The van der Waals surface area contributed by atoms with Crippen LogP contribution in [-0.2, 0) is 38.5 Å². The van der Waals surface area contributed by atoms with Crippen LogP contribution in [0, 0.1) is 107 Å². The lowest BCUT2D eigenvalue weighted by Gasteiger charge is -2.27. The van der Waals surface area contributed by atoms with Crippen LogP contribution in [-0.4, -0.2) is 0 Å². The van der Waals surface area contributed by atoms with E-state index in [1.807, 2.05) is 0 Å². The molecule has 6 rings (SSSR count). The molecule has 0 heterocycles. The summed E-state index contributed by atoms with van der Waals surface area (Å²) in [6.45, 7) is 84.7. The van der Waals surface area contributed by atoms with Crippen molar-refractivity contribution in [3.05, 3.63) is 212 Å². The van der Waals surface area contributed by atoms with Crippen LogP contribution < -0.4 is 0 Å². The van der Waals surface area contributed by atoms with Gasteiger partial charge in [-0.1, -0.05) is 395 Å². The molecule has 0 radical (unpaired) electrons. The van der Waals surface area contributed by atoms with Crippen molar-refractivity contribution in [1.29, 1.82) is 0 Å². The minimum absolute atomic E-state index is 0.713. The molecule has 6 aromatic carbocycles. The Labute approximate surface area is 714 Å². The summed E-state index contributed by atoms with van der Waals surface area (Å²) in [6.07, 6.45) is 22.9. The average Bonchev–Trinajstić information content (AvgIpc) is 0.876. The van der Waals surface area contributed by atoms with Gasteiger partial charge in [0.2, 0.25) is 0 Å². The van der Waals surface area contributed by atoms with E-state index in [9.17, 15) is 0 Å². The minimum atomic E-state index is 0.713. The molecule has 0 aliphatic carbocycles. The Balaban J connectivity index is 0.000000684. The third-order valence-electron chi connectivity index (χ3n) is 25.0. The fourth-order valence-electron chi connectivity index (χ4n) is 19.9. The standard InChI is InChI=1S/6C19H32/c6*1-7-17-10-8-9-11-18(17)19(15(4)5)13-16(6)12-14(2)3/h6*8-11,14-16,19H,7,12-13H2,1-6H3. The Bertz CT molecular complexity index is 2740. The average molecular weight is 1560 g/mol. The molecule has 114 heavy (non-hydrogen) atoms. The fourth-order valence-corrected chi connectivity index (χ4v) is 19.9. The molecule has 0 spiro atoms. The number of hydrogen-bond donors (Lipinski definition) is 0. The molecule has 0 aromatic heterocycles. The summed E-state index contributed by atoms with van der Waals surface area (Å²) in [5, 5.41) is 0. The number of aryl methyl sites for hydroxylation is 6. The topological polar surface area (TPSA) is 0 Å². The molecule has 12 unspecified atom stereocenters. The Kier molecular flexibility index (Phi) is 55.6. The maximum absolute atomic E-state index is 2.42. The van der Waals surface area contributed by atoms with Gasteiger partial charge >= 0.3 is 0 Å². The zero-order valence-corrected chi connectivity index (χ0v) is 82.4. The quantitative estimate of drug-likeness (QED) is 0.0358. The van der Waals surface area contributed by atoms with Gasteiger partial charge in [0.1, 0.15) is 0 Å². The van der Waals surface area contributed by atoms with Crippen LogP contribution in [0.2, 0.25) is 0 Å². The van der Waals surface area contributed by atoms with Gasteiger partial charge in [0.25, 0.3) is 0 Å². The van der Waals surface area contributed by atoms with E-state index in [0.29, 0.717) is 35.5 Å². The summed E-state index contributed by atoms with van der Waals surface area (Å²) in [5.74, 6) is 18.4. The van der Waals surface area contributed by atoms with Gasteiger partial charge in [-0.15, -0.1) is 0 Å². The van der Waals surface area contributed by atoms with Crippen molar-refractivity contribution >= 4 is 0 Å². The smallest absolute Gasteiger partial charge is 0.0134 e. The van der Waals surface area contributed by atoms with Crippen molar-refractivity contribution in [3.63, 3.8) is 0 Å². The van der Waals surface area contributed by atoms with Crippen molar-refractivity contribution in [2.45, 2.75) is 400 Å². The molecule has 0 aliphatic rings. The van der Waals surface area contributed by atoms with Crippen molar-refractivity contribution < 1.29 is 0 Å². The van der Waals surface area contributed by atoms with Gasteiger partial charge < -0.3 is 0 Å². The summed E-state index contributed by atoms with van der Waals surface area (Å²) in [7, 11) is 0. The second-order valence-corrected chi connectivity index (χ2v) is 41.2. The van der Waals surface area contributed by atoms with Gasteiger partial charge in [-0.05, 0) is 324 Å². The zero-order valence-electron chi connectivity index (χ0n) is 82.4. The molecule has 0 bridgehead atoms. The second-order valence-electron chi connectivity index (χ2n) is 41.2. The van der Waals surface area contributed by atoms with E-state index in [1.54, 1.807) is 33.4 Å². The van der Waals surface area contributed by atoms with E-state index in [4.69, 9.17) is 0 Å². The van der Waals surface area contributed by atoms with E-state index in [2.05, 4.69) is 395 Å². The summed E-state index contributed by atoms with van der Waals surface area (Å²) in [6, 6.07) is 54.2. The van der Waals surface area contributed by atoms with Gasteiger partial charge in [-0.25, -0.2) is 0 Å². The summed E-state index contributed by atoms with van der Waals surface area (Å²) in [4.78, 5) is 0. The van der Waals surface area contributed by atoms with Gasteiger partial charge in [-0.2, -0.15) is 0 Å². The summed E-state index contributed by atoms with van der Waals surface area (Å²) in [5.41, 5.74) is 18.8. The van der Waals surface area contributed by atoms with E-state index in [0.717, 1.165) is 145 Å². The van der Waals surface area contributed by atoms with Gasteiger partial charge in [0, 0.05) is 0 Å². The monoisotopic (exact) mass is 1560 g/mol. The first-order valence-electron chi connectivity index (χ1n) is 48.2. The first kappa shape index (κ1) is 107. The van der Waals surface area contributed by atoms with Crippen LogP contribution >= 0.6 is 0 Å².